The van der Waals surface area contributed by atoms with Crippen LogP contribution < -0.4 is 0 Å². The van der Waals surface area contributed by atoms with Gasteiger partial charge in [-0.15, -0.1) is 0 Å². The van der Waals surface area contributed by atoms with Crippen LogP contribution in [0.5, 0.6) is 0 Å². The van der Waals surface area contributed by atoms with E-state index in [-0.39, 0.29) is 5.71 Å². The van der Waals surface area contributed by atoms with Gasteiger partial charge in [0.15, 0.2) is 0 Å². The quantitative estimate of drug-likeness (QED) is 0.208. The smallest absolute Gasteiger partial charge is 0.416 e. The summed E-state index contributed by atoms with van der Waals surface area (Å²) in [4.78, 5) is 13.8. The maximum Gasteiger partial charge on any atom is 0.416 e. The first-order valence-corrected chi connectivity index (χ1v) is 4.55. The van der Waals surface area contributed by atoms with Crippen molar-refractivity contribution in [2.24, 2.45) is 0 Å². The van der Waals surface area contributed by atoms with Gasteiger partial charge in [0.05, 0.1) is 13.5 Å². The Morgan fingerprint density at radius 3 is 2.54 bits per heavy atom. The van der Waals surface area contributed by atoms with Crippen molar-refractivity contribution in [1.82, 2.24) is 0 Å². The van der Waals surface area contributed by atoms with E-state index in [0.29, 0.717) is 6.42 Å². The van der Waals surface area contributed by atoms with Crippen LogP contribution in [0.15, 0.2) is 0 Å². The molecular weight excluding hydrogens is 168 g/mol. The molecule has 0 amide bonds. The van der Waals surface area contributed by atoms with Gasteiger partial charge in [-0.1, -0.05) is 26.2 Å². The summed E-state index contributed by atoms with van der Waals surface area (Å²) in [6.07, 6.45) is 4.68. The average Bonchev–Trinajstić information content (AvgIpc) is 2.17. The number of methoxy groups -OCH3 is 1. The van der Waals surface area contributed by atoms with E-state index in [2.05, 4.69) is 16.5 Å². The Morgan fingerprint density at radius 2 is 2.08 bits per heavy atom. The molecule has 74 valence electrons. The fraction of sp³-hybridized carbons (Fsp3) is 0.778. The minimum absolute atomic E-state index is 0.110. The first-order chi connectivity index (χ1) is 6.26. The second-order valence-corrected chi connectivity index (χ2v) is 2.85. The van der Waals surface area contributed by atoms with Crippen LogP contribution in [0.4, 0.5) is 0 Å². The molecule has 0 aromatic heterocycles. The Morgan fingerprint density at radius 1 is 1.38 bits per heavy atom. The molecule has 0 radical (unpaired) electrons. The number of carbonyl (C=O) groups is 1. The Bertz CT molecular complexity index is 208. The van der Waals surface area contributed by atoms with E-state index in [9.17, 15) is 4.79 Å². The second-order valence-electron chi connectivity index (χ2n) is 2.85. The molecule has 0 aliphatic heterocycles. The fourth-order valence-corrected chi connectivity index (χ4v) is 1.03. The van der Waals surface area contributed by atoms with E-state index in [0.717, 1.165) is 25.7 Å². The first kappa shape index (κ1) is 11.8. The van der Waals surface area contributed by atoms with Crippen LogP contribution in [0.1, 0.15) is 39.0 Å². The fourth-order valence-electron chi connectivity index (χ4n) is 1.03. The van der Waals surface area contributed by atoms with Crippen molar-refractivity contribution in [2.75, 3.05) is 7.11 Å². The number of hydrogen-bond acceptors (Lipinski definition) is 2. The van der Waals surface area contributed by atoms with Gasteiger partial charge in [0.25, 0.3) is 0 Å². The highest BCUT2D eigenvalue weighted by Crippen LogP contribution is 2.03. The third kappa shape index (κ3) is 5.15. The SMILES string of the molecule is CCCCCCC(=[N+]=[N-])C(=O)OC. The van der Waals surface area contributed by atoms with E-state index >= 15 is 0 Å². The average molecular weight is 184 g/mol. The second kappa shape index (κ2) is 7.50. The largest absolute Gasteiger partial charge is 0.460 e. The Labute approximate surface area is 78.5 Å². The summed E-state index contributed by atoms with van der Waals surface area (Å²) < 4.78 is 4.43. The highest BCUT2D eigenvalue weighted by atomic mass is 16.5. The molecule has 4 heteroatoms. The lowest BCUT2D eigenvalue weighted by molar-refractivity contribution is -0.137. The molecule has 0 saturated heterocycles. The van der Waals surface area contributed by atoms with Crippen molar-refractivity contribution in [3.63, 3.8) is 0 Å². The highest BCUT2D eigenvalue weighted by Gasteiger charge is 2.19. The highest BCUT2D eigenvalue weighted by molar-refractivity contribution is 6.33. The van der Waals surface area contributed by atoms with E-state index in [1.165, 1.54) is 7.11 Å². The Kier molecular flexibility index (Phi) is 6.83. The lowest BCUT2D eigenvalue weighted by atomic mass is 10.1. The van der Waals surface area contributed by atoms with Crippen molar-refractivity contribution in [2.45, 2.75) is 39.0 Å². The number of nitrogens with zero attached hydrogens (tertiary/aromatic N) is 2. The lowest BCUT2D eigenvalue weighted by Gasteiger charge is -1.95. The van der Waals surface area contributed by atoms with Crippen LogP contribution in [-0.4, -0.2) is 23.6 Å². The normalized spacial score (nSPS) is 9.08. The van der Waals surface area contributed by atoms with Crippen LogP contribution in [-0.2, 0) is 9.53 Å². The van der Waals surface area contributed by atoms with Gasteiger partial charge >= 0.3 is 11.7 Å². The van der Waals surface area contributed by atoms with Crippen molar-refractivity contribution in [3.8, 4) is 0 Å². The lowest BCUT2D eigenvalue weighted by Crippen LogP contribution is -2.16. The predicted octanol–water partition coefficient (Wildman–Crippen LogP) is 1.80. The molecule has 0 unspecified atom stereocenters. The summed E-state index contributed by atoms with van der Waals surface area (Å²) >= 11 is 0. The van der Waals surface area contributed by atoms with Crippen LogP contribution in [0, 0.1) is 0 Å². The molecule has 4 nitrogen and oxygen atoms in total. The zero-order valence-electron chi connectivity index (χ0n) is 8.25. The first-order valence-electron chi connectivity index (χ1n) is 4.55. The summed E-state index contributed by atoms with van der Waals surface area (Å²) in [5, 5.41) is 0. The molecule has 0 aromatic rings. The molecule has 0 atom stereocenters. The van der Waals surface area contributed by atoms with Crippen molar-refractivity contribution in [1.29, 1.82) is 0 Å². The minimum atomic E-state index is -0.543. The Hall–Kier alpha value is -1.15. The third-order valence-electron chi connectivity index (χ3n) is 1.81. The molecular formula is C9H16N2O2. The summed E-state index contributed by atoms with van der Waals surface area (Å²) in [6.45, 7) is 2.11. The zero-order valence-corrected chi connectivity index (χ0v) is 8.25. The van der Waals surface area contributed by atoms with Crippen LogP contribution in [0.3, 0.4) is 0 Å². The van der Waals surface area contributed by atoms with Crippen LogP contribution in [0.2, 0.25) is 0 Å². The summed E-state index contributed by atoms with van der Waals surface area (Å²) in [6, 6.07) is 0. The van der Waals surface area contributed by atoms with Crippen molar-refractivity contribution in [3.05, 3.63) is 5.53 Å². The predicted molar refractivity (Wildman–Crippen MR) is 49.4 cm³/mol. The van der Waals surface area contributed by atoms with Crippen LogP contribution in [0.25, 0.3) is 5.53 Å². The molecule has 0 rings (SSSR count). The van der Waals surface area contributed by atoms with Gasteiger partial charge in [0.2, 0.25) is 0 Å². The number of carbonyl (C=O) groups excluding carboxylic acids is 1. The van der Waals surface area contributed by atoms with E-state index in [4.69, 9.17) is 5.53 Å². The molecule has 0 aliphatic rings. The van der Waals surface area contributed by atoms with Crippen molar-refractivity contribution >= 4 is 11.7 Å². The number of rotatable bonds is 6. The summed E-state index contributed by atoms with van der Waals surface area (Å²) in [5.74, 6) is -0.543. The van der Waals surface area contributed by atoms with Gasteiger partial charge in [-0.3, -0.25) is 0 Å². The zero-order chi connectivity index (χ0) is 10.1. The molecule has 0 fully saturated rings. The standard InChI is InChI=1S/C9H16N2O2/c1-3-4-5-6-7-8(11-10)9(12)13-2/h3-7H2,1-2H3. The van der Waals surface area contributed by atoms with Gasteiger partial charge < -0.3 is 10.3 Å². The molecule has 13 heavy (non-hydrogen) atoms. The van der Waals surface area contributed by atoms with Gasteiger partial charge in [-0.2, -0.15) is 4.79 Å². The van der Waals surface area contributed by atoms with E-state index < -0.39 is 5.97 Å². The molecule has 0 N–H and O–H groups in total. The van der Waals surface area contributed by atoms with Gasteiger partial charge in [0, 0.05) is 0 Å². The Balaban J connectivity index is 3.75. The molecule has 0 aromatic carbocycles. The van der Waals surface area contributed by atoms with E-state index in [1.807, 2.05) is 0 Å². The molecule has 0 bridgehead atoms. The van der Waals surface area contributed by atoms with Crippen LogP contribution >= 0.6 is 0 Å². The van der Waals surface area contributed by atoms with Gasteiger partial charge in [-0.05, 0) is 6.42 Å². The molecule has 0 spiro atoms. The van der Waals surface area contributed by atoms with Gasteiger partial charge in [0.1, 0.15) is 0 Å². The monoisotopic (exact) mass is 184 g/mol. The number of unbranched alkanes of at least 4 members (excludes halogenated alkanes) is 3. The maximum atomic E-state index is 10.9. The minimum Gasteiger partial charge on any atom is -0.460 e. The maximum absolute atomic E-state index is 10.9. The van der Waals surface area contributed by atoms with Gasteiger partial charge in [-0.25, -0.2) is 4.79 Å². The molecule has 0 saturated carbocycles. The number of hydrogen-bond donors (Lipinski definition) is 0. The number of esters is 1. The topological polar surface area (TPSA) is 62.7 Å². The summed E-state index contributed by atoms with van der Waals surface area (Å²) in [7, 11) is 1.28. The third-order valence-corrected chi connectivity index (χ3v) is 1.81. The molecule has 0 heterocycles. The summed E-state index contributed by atoms with van der Waals surface area (Å²) in [5.41, 5.74) is 8.58. The number of ether oxygens (including phenoxy) is 1. The van der Waals surface area contributed by atoms with E-state index in [1.54, 1.807) is 0 Å². The van der Waals surface area contributed by atoms with Crippen molar-refractivity contribution < 1.29 is 14.3 Å². The molecule has 0 aliphatic carbocycles.